The van der Waals surface area contributed by atoms with Crippen LogP contribution in [0.15, 0.2) is 0 Å². The maximum absolute atomic E-state index is 11.2. The van der Waals surface area contributed by atoms with Crippen molar-refractivity contribution in [1.29, 1.82) is 0 Å². The van der Waals surface area contributed by atoms with Crippen molar-refractivity contribution in [3.8, 4) is 0 Å². The lowest BCUT2D eigenvalue weighted by Gasteiger charge is -2.29. The van der Waals surface area contributed by atoms with Gasteiger partial charge in [-0.25, -0.2) is 0 Å². The molecule has 0 aliphatic carbocycles. The van der Waals surface area contributed by atoms with Gasteiger partial charge in [-0.1, -0.05) is 0 Å². The summed E-state index contributed by atoms with van der Waals surface area (Å²) in [5.41, 5.74) is 0. The van der Waals surface area contributed by atoms with E-state index in [2.05, 4.69) is 5.32 Å². The Balaban J connectivity index is 2.11. The van der Waals surface area contributed by atoms with Gasteiger partial charge in [-0.05, 0) is 19.4 Å². The van der Waals surface area contributed by atoms with Crippen molar-refractivity contribution in [2.24, 2.45) is 0 Å². The number of nitrogens with one attached hydrogen (secondary N) is 1. The summed E-state index contributed by atoms with van der Waals surface area (Å²) in [7, 11) is 1.92. The standard InChI is InChI=1S/C8H14N2O/c1-10-7-3-2-4-9-6(7)5-8(10)11/h6-7,9H,2-5H2,1H3. The summed E-state index contributed by atoms with van der Waals surface area (Å²) in [6, 6.07) is 0.928. The number of hydrogen-bond acceptors (Lipinski definition) is 2. The fourth-order valence-electron chi connectivity index (χ4n) is 2.12. The maximum Gasteiger partial charge on any atom is 0.224 e. The number of fused-ring (bicyclic) bond motifs is 1. The van der Waals surface area contributed by atoms with Crippen LogP contribution in [-0.2, 0) is 4.79 Å². The monoisotopic (exact) mass is 154 g/mol. The van der Waals surface area contributed by atoms with Gasteiger partial charge >= 0.3 is 0 Å². The molecule has 0 aromatic heterocycles. The minimum Gasteiger partial charge on any atom is -0.341 e. The van der Waals surface area contributed by atoms with Crippen LogP contribution in [0, 0.1) is 0 Å². The Labute approximate surface area is 66.8 Å². The molecule has 0 bridgehead atoms. The first kappa shape index (κ1) is 7.10. The van der Waals surface area contributed by atoms with Crippen LogP contribution in [-0.4, -0.2) is 36.5 Å². The molecule has 2 unspecified atom stereocenters. The van der Waals surface area contributed by atoms with Crippen molar-refractivity contribution in [3.63, 3.8) is 0 Å². The zero-order chi connectivity index (χ0) is 7.84. The molecule has 0 aromatic carbocycles. The highest BCUT2D eigenvalue weighted by Gasteiger charge is 2.38. The van der Waals surface area contributed by atoms with Crippen LogP contribution >= 0.6 is 0 Å². The molecule has 2 rings (SSSR count). The van der Waals surface area contributed by atoms with Gasteiger partial charge in [0.15, 0.2) is 0 Å². The molecule has 0 saturated carbocycles. The first-order valence-corrected chi connectivity index (χ1v) is 4.28. The summed E-state index contributed by atoms with van der Waals surface area (Å²) in [5, 5.41) is 3.38. The van der Waals surface area contributed by atoms with Crippen molar-refractivity contribution < 1.29 is 4.79 Å². The second kappa shape index (κ2) is 2.48. The molecule has 2 saturated heterocycles. The van der Waals surface area contributed by atoms with Crippen molar-refractivity contribution in [3.05, 3.63) is 0 Å². The Hall–Kier alpha value is -0.570. The number of carbonyl (C=O) groups excluding carboxylic acids is 1. The quantitative estimate of drug-likeness (QED) is 0.531. The molecule has 0 radical (unpaired) electrons. The maximum atomic E-state index is 11.2. The average Bonchev–Trinajstić information content (AvgIpc) is 2.30. The molecule has 11 heavy (non-hydrogen) atoms. The van der Waals surface area contributed by atoms with Gasteiger partial charge in [-0.2, -0.15) is 0 Å². The number of rotatable bonds is 0. The fourth-order valence-corrected chi connectivity index (χ4v) is 2.12. The molecule has 2 aliphatic rings. The second-order valence-corrected chi connectivity index (χ2v) is 3.48. The van der Waals surface area contributed by atoms with Gasteiger partial charge in [0, 0.05) is 25.6 Å². The van der Waals surface area contributed by atoms with E-state index in [1.165, 1.54) is 12.8 Å². The lowest BCUT2D eigenvalue weighted by molar-refractivity contribution is -0.127. The zero-order valence-corrected chi connectivity index (χ0v) is 6.84. The Morgan fingerprint density at radius 3 is 3.18 bits per heavy atom. The average molecular weight is 154 g/mol. The van der Waals surface area contributed by atoms with Gasteiger partial charge < -0.3 is 10.2 Å². The molecule has 1 N–H and O–H groups in total. The van der Waals surface area contributed by atoms with Gasteiger partial charge in [-0.15, -0.1) is 0 Å². The van der Waals surface area contributed by atoms with Crippen molar-refractivity contribution in [1.82, 2.24) is 10.2 Å². The van der Waals surface area contributed by atoms with E-state index < -0.39 is 0 Å². The van der Waals surface area contributed by atoms with Crippen molar-refractivity contribution in [2.45, 2.75) is 31.3 Å². The van der Waals surface area contributed by atoms with Crippen LogP contribution in [0.5, 0.6) is 0 Å². The predicted octanol–water partition coefficient (Wildman–Crippen LogP) is -0.0309. The number of likely N-dealkylation sites (tertiary alicyclic amines) is 1. The first-order valence-electron chi connectivity index (χ1n) is 4.28. The molecule has 2 aliphatic heterocycles. The van der Waals surface area contributed by atoms with Crippen LogP contribution in [0.2, 0.25) is 0 Å². The molecule has 0 spiro atoms. The van der Waals surface area contributed by atoms with E-state index in [9.17, 15) is 4.79 Å². The predicted molar refractivity (Wildman–Crippen MR) is 42.2 cm³/mol. The summed E-state index contributed by atoms with van der Waals surface area (Å²) in [5.74, 6) is 0.300. The number of piperidine rings is 1. The molecule has 2 fully saturated rings. The summed E-state index contributed by atoms with van der Waals surface area (Å²) in [4.78, 5) is 13.1. The summed E-state index contributed by atoms with van der Waals surface area (Å²) in [6.45, 7) is 1.09. The Bertz CT molecular complexity index is 181. The molecule has 3 heteroatoms. The second-order valence-electron chi connectivity index (χ2n) is 3.48. The van der Waals surface area contributed by atoms with E-state index in [1.807, 2.05) is 11.9 Å². The Morgan fingerprint density at radius 1 is 1.64 bits per heavy atom. The molecule has 62 valence electrons. The van der Waals surface area contributed by atoms with Gasteiger partial charge in [0.05, 0.1) is 0 Å². The Morgan fingerprint density at radius 2 is 2.45 bits per heavy atom. The van der Waals surface area contributed by atoms with E-state index in [4.69, 9.17) is 0 Å². The third-order valence-corrected chi connectivity index (χ3v) is 2.83. The highest BCUT2D eigenvalue weighted by Crippen LogP contribution is 2.23. The van der Waals surface area contributed by atoms with Crippen LogP contribution in [0.3, 0.4) is 0 Å². The SMILES string of the molecule is CN1C(=O)CC2NCCCC21. The minimum absolute atomic E-state index is 0.300. The number of likely N-dealkylation sites (N-methyl/N-ethyl adjacent to an activating group) is 1. The molecular formula is C8H14N2O. The van der Waals surface area contributed by atoms with Gasteiger partial charge in [0.1, 0.15) is 0 Å². The normalized spacial score (nSPS) is 37.5. The van der Waals surface area contributed by atoms with E-state index in [1.54, 1.807) is 0 Å². The van der Waals surface area contributed by atoms with Crippen molar-refractivity contribution in [2.75, 3.05) is 13.6 Å². The highest BCUT2D eigenvalue weighted by atomic mass is 16.2. The van der Waals surface area contributed by atoms with Crippen LogP contribution in [0.4, 0.5) is 0 Å². The number of hydrogen-bond donors (Lipinski definition) is 1. The fraction of sp³-hybridized carbons (Fsp3) is 0.875. The molecule has 3 nitrogen and oxygen atoms in total. The summed E-state index contributed by atoms with van der Waals surface area (Å²) in [6.07, 6.45) is 3.10. The number of nitrogens with zero attached hydrogens (tertiary/aromatic N) is 1. The van der Waals surface area contributed by atoms with Gasteiger partial charge in [0.2, 0.25) is 5.91 Å². The zero-order valence-electron chi connectivity index (χ0n) is 6.84. The lowest BCUT2D eigenvalue weighted by atomic mass is 10.00. The van der Waals surface area contributed by atoms with Crippen LogP contribution in [0.1, 0.15) is 19.3 Å². The van der Waals surface area contributed by atoms with Gasteiger partial charge in [0.25, 0.3) is 0 Å². The third kappa shape index (κ3) is 1.03. The highest BCUT2D eigenvalue weighted by molar-refractivity contribution is 5.79. The van der Waals surface area contributed by atoms with E-state index >= 15 is 0 Å². The van der Waals surface area contributed by atoms with Gasteiger partial charge in [-0.3, -0.25) is 4.79 Å². The van der Waals surface area contributed by atoms with E-state index in [-0.39, 0.29) is 0 Å². The molecule has 0 aromatic rings. The number of amides is 1. The third-order valence-electron chi connectivity index (χ3n) is 2.83. The van der Waals surface area contributed by atoms with E-state index in [0.29, 0.717) is 24.4 Å². The van der Waals surface area contributed by atoms with Crippen molar-refractivity contribution >= 4 is 5.91 Å². The summed E-state index contributed by atoms with van der Waals surface area (Å²) >= 11 is 0. The van der Waals surface area contributed by atoms with Crippen LogP contribution < -0.4 is 5.32 Å². The summed E-state index contributed by atoms with van der Waals surface area (Å²) < 4.78 is 0. The number of carbonyl (C=O) groups is 1. The van der Waals surface area contributed by atoms with Crippen LogP contribution in [0.25, 0.3) is 0 Å². The first-order chi connectivity index (χ1) is 5.29. The minimum atomic E-state index is 0.300. The molecular weight excluding hydrogens is 140 g/mol. The topological polar surface area (TPSA) is 32.3 Å². The molecule has 2 heterocycles. The lowest BCUT2D eigenvalue weighted by Crippen LogP contribution is -2.45. The largest absolute Gasteiger partial charge is 0.341 e. The Kier molecular flexibility index (Phi) is 1.60. The smallest absolute Gasteiger partial charge is 0.224 e. The molecule has 2 atom stereocenters. The molecule has 1 amide bonds. The van der Waals surface area contributed by atoms with E-state index in [0.717, 1.165) is 6.54 Å².